The highest BCUT2D eigenvalue weighted by Crippen LogP contribution is 2.24. The lowest BCUT2D eigenvalue weighted by molar-refractivity contribution is -0.116. The van der Waals surface area contributed by atoms with Crippen molar-refractivity contribution in [2.45, 2.75) is 13.0 Å². The van der Waals surface area contributed by atoms with Crippen LogP contribution in [0.1, 0.15) is 28.4 Å². The van der Waals surface area contributed by atoms with E-state index >= 15 is 0 Å². The molecule has 0 fully saturated rings. The third kappa shape index (κ3) is 4.59. The summed E-state index contributed by atoms with van der Waals surface area (Å²) in [5.41, 5.74) is 3.43. The third-order valence-corrected chi connectivity index (χ3v) is 4.92. The van der Waals surface area contributed by atoms with Crippen molar-refractivity contribution in [3.63, 3.8) is 0 Å². The van der Waals surface area contributed by atoms with Gasteiger partial charge >= 0.3 is 0 Å². The molecular weight excluding hydrogens is 381 g/mol. The van der Waals surface area contributed by atoms with Gasteiger partial charge in [-0.3, -0.25) is 9.48 Å². The largest absolute Gasteiger partial charge is 0.342 e. The fourth-order valence-electron chi connectivity index (χ4n) is 2.84. The van der Waals surface area contributed by atoms with Crippen LogP contribution in [0.2, 0.25) is 10.2 Å². The summed E-state index contributed by atoms with van der Waals surface area (Å²) in [6.07, 6.45) is 3.16. The molecule has 1 heterocycles. The molecule has 6 heteroatoms. The van der Waals surface area contributed by atoms with Gasteiger partial charge in [-0.2, -0.15) is 5.10 Å². The maximum absolute atomic E-state index is 12.6. The van der Waals surface area contributed by atoms with E-state index in [0.29, 0.717) is 10.2 Å². The highest BCUT2D eigenvalue weighted by Gasteiger charge is 2.16. The molecule has 1 unspecified atom stereocenters. The van der Waals surface area contributed by atoms with Crippen LogP contribution in [-0.2, 0) is 11.8 Å². The Kier molecular flexibility index (Phi) is 5.99. The fourth-order valence-corrected chi connectivity index (χ4v) is 3.21. The molecule has 2 aromatic carbocycles. The molecule has 0 bridgehead atoms. The predicted molar refractivity (Wildman–Crippen MR) is 110 cm³/mol. The molecule has 4 nitrogen and oxygen atoms in total. The minimum Gasteiger partial charge on any atom is -0.342 e. The second kappa shape index (κ2) is 8.42. The molecule has 3 aromatic rings. The summed E-state index contributed by atoms with van der Waals surface area (Å²) in [6.45, 7) is 1.85. The molecule has 0 saturated carbocycles. The first-order chi connectivity index (χ1) is 13.0. The zero-order valence-corrected chi connectivity index (χ0v) is 16.5. The van der Waals surface area contributed by atoms with Crippen molar-refractivity contribution in [2.24, 2.45) is 7.05 Å². The Bertz CT molecular complexity index is 963. The number of benzene rings is 2. The van der Waals surface area contributed by atoms with Crippen molar-refractivity contribution >= 4 is 35.2 Å². The lowest BCUT2D eigenvalue weighted by Crippen LogP contribution is -2.27. The van der Waals surface area contributed by atoms with Crippen molar-refractivity contribution in [1.29, 1.82) is 0 Å². The summed E-state index contributed by atoms with van der Waals surface area (Å²) in [5, 5.41) is 8.43. The molecule has 0 aliphatic carbocycles. The standard InChI is InChI=1S/C21H19Cl2N3O/c1-14-18(21(23)26(2)25-14)12-13-19(27)24-20(15-6-4-3-5-7-15)16-8-10-17(22)11-9-16/h3-13,20H,1-2H3,(H,24,27)/b13-12+. The first-order valence-corrected chi connectivity index (χ1v) is 9.19. The Labute approximate surface area is 168 Å². The van der Waals surface area contributed by atoms with Crippen LogP contribution in [0.3, 0.4) is 0 Å². The van der Waals surface area contributed by atoms with Crippen LogP contribution in [-0.4, -0.2) is 15.7 Å². The molecule has 0 spiro atoms. The van der Waals surface area contributed by atoms with Crippen LogP contribution in [0.4, 0.5) is 0 Å². The number of amides is 1. The zero-order valence-electron chi connectivity index (χ0n) is 15.0. The van der Waals surface area contributed by atoms with Gasteiger partial charge in [0.25, 0.3) is 0 Å². The number of nitrogens with one attached hydrogen (secondary N) is 1. The van der Waals surface area contributed by atoms with Crippen molar-refractivity contribution in [3.8, 4) is 0 Å². The number of nitrogens with zero attached hydrogens (tertiary/aromatic N) is 2. The summed E-state index contributed by atoms with van der Waals surface area (Å²) in [6, 6.07) is 16.9. The maximum atomic E-state index is 12.6. The van der Waals surface area contributed by atoms with E-state index in [9.17, 15) is 4.79 Å². The van der Waals surface area contributed by atoms with Crippen LogP contribution < -0.4 is 5.32 Å². The molecule has 3 rings (SSSR count). The number of carbonyl (C=O) groups excluding carboxylic acids is 1. The van der Waals surface area contributed by atoms with Gasteiger partial charge in [0.1, 0.15) is 5.15 Å². The highest BCUT2D eigenvalue weighted by atomic mass is 35.5. The number of hydrogen-bond acceptors (Lipinski definition) is 2. The number of aryl methyl sites for hydroxylation is 2. The van der Waals surface area contributed by atoms with E-state index in [0.717, 1.165) is 22.4 Å². The van der Waals surface area contributed by atoms with Gasteiger partial charge < -0.3 is 5.32 Å². The summed E-state index contributed by atoms with van der Waals surface area (Å²) < 4.78 is 1.58. The lowest BCUT2D eigenvalue weighted by atomic mass is 9.98. The molecule has 27 heavy (non-hydrogen) atoms. The average Bonchev–Trinajstić information content (AvgIpc) is 2.91. The SMILES string of the molecule is Cc1nn(C)c(Cl)c1/C=C/C(=O)NC(c1ccccc1)c1ccc(Cl)cc1. The maximum Gasteiger partial charge on any atom is 0.244 e. The summed E-state index contributed by atoms with van der Waals surface area (Å²) >= 11 is 12.2. The van der Waals surface area contributed by atoms with Crippen LogP contribution in [0.15, 0.2) is 60.7 Å². The van der Waals surface area contributed by atoms with Gasteiger partial charge in [-0.1, -0.05) is 65.7 Å². The molecule has 0 aliphatic heterocycles. The summed E-state index contributed by atoms with van der Waals surface area (Å²) in [5.74, 6) is -0.224. The van der Waals surface area contributed by atoms with Crippen LogP contribution >= 0.6 is 23.2 Å². The second-order valence-corrected chi connectivity index (χ2v) is 6.95. The lowest BCUT2D eigenvalue weighted by Gasteiger charge is -2.19. The number of carbonyl (C=O) groups is 1. The molecule has 138 valence electrons. The molecule has 1 N–H and O–H groups in total. The Hall–Kier alpha value is -2.56. The molecule has 0 radical (unpaired) electrons. The zero-order chi connectivity index (χ0) is 19.4. The monoisotopic (exact) mass is 399 g/mol. The topological polar surface area (TPSA) is 46.9 Å². The van der Waals surface area contributed by atoms with Gasteiger partial charge in [0.05, 0.1) is 11.7 Å². The Morgan fingerprint density at radius 3 is 2.30 bits per heavy atom. The van der Waals surface area contributed by atoms with Gasteiger partial charge in [0, 0.05) is 23.7 Å². The van der Waals surface area contributed by atoms with Crippen LogP contribution in [0, 0.1) is 6.92 Å². The van der Waals surface area contributed by atoms with E-state index in [1.165, 1.54) is 6.08 Å². The smallest absolute Gasteiger partial charge is 0.244 e. The third-order valence-electron chi connectivity index (χ3n) is 4.22. The van der Waals surface area contributed by atoms with Gasteiger partial charge in [-0.15, -0.1) is 0 Å². The fraction of sp³-hybridized carbons (Fsp3) is 0.143. The van der Waals surface area contributed by atoms with Gasteiger partial charge in [0.2, 0.25) is 5.91 Å². The Morgan fingerprint density at radius 1 is 1.07 bits per heavy atom. The van der Waals surface area contributed by atoms with E-state index in [1.54, 1.807) is 17.8 Å². The highest BCUT2D eigenvalue weighted by molar-refractivity contribution is 6.31. The van der Waals surface area contributed by atoms with E-state index in [2.05, 4.69) is 10.4 Å². The van der Waals surface area contributed by atoms with Crippen molar-refractivity contribution in [2.75, 3.05) is 0 Å². The molecular formula is C21H19Cl2N3O. The average molecular weight is 400 g/mol. The molecule has 0 aliphatic rings. The predicted octanol–water partition coefficient (Wildman–Crippen LogP) is 4.95. The second-order valence-electron chi connectivity index (χ2n) is 6.15. The molecule has 0 saturated heterocycles. The van der Waals surface area contributed by atoms with E-state index < -0.39 is 0 Å². The van der Waals surface area contributed by atoms with E-state index in [4.69, 9.17) is 23.2 Å². The minimum absolute atomic E-state index is 0.224. The number of halogens is 2. The number of aromatic nitrogens is 2. The molecule has 1 atom stereocenters. The van der Waals surface area contributed by atoms with E-state index in [-0.39, 0.29) is 11.9 Å². The first kappa shape index (κ1) is 19.2. The van der Waals surface area contributed by atoms with Gasteiger partial charge in [-0.05, 0) is 36.3 Å². The van der Waals surface area contributed by atoms with Crippen molar-refractivity contribution in [1.82, 2.24) is 15.1 Å². The van der Waals surface area contributed by atoms with Crippen LogP contribution in [0.5, 0.6) is 0 Å². The molecule has 1 aromatic heterocycles. The normalized spacial score (nSPS) is 12.3. The minimum atomic E-state index is -0.286. The quantitative estimate of drug-likeness (QED) is 0.616. The van der Waals surface area contributed by atoms with Crippen molar-refractivity contribution < 1.29 is 4.79 Å². The summed E-state index contributed by atoms with van der Waals surface area (Å²) in [7, 11) is 1.76. The summed E-state index contributed by atoms with van der Waals surface area (Å²) in [4.78, 5) is 12.6. The van der Waals surface area contributed by atoms with Crippen LogP contribution in [0.25, 0.3) is 6.08 Å². The first-order valence-electron chi connectivity index (χ1n) is 8.44. The molecule has 1 amide bonds. The Morgan fingerprint density at radius 2 is 1.70 bits per heavy atom. The number of hydrogen-bond donors (Lipinski definition) is 1. The van der Waals surface area contributed by atoms with E-state index in [1.807, 2.05) is 61.5 Å². The van der Waals surface area contributed by atoms with Gasteiger partial charge in [-0.25, -0.2) is 0 Å². The van der Waals surface area contributed by atoms with Gasteiger partial charge in [0.15, 0.2) is 0 Å². The Balaban J connectivity index is 1.84. The number of rotatable bonds is 5. The van der Waals surface area contributed by atoms with Crippen molar-refractivity contribution in [3.05, 3.63) is 93.2 Å².